The van der Waals surface area contributed by atoms with Crippen LogP contribution in [0.2, 0.25) is 8.67 Å². The number of fused-ring (bicyclic) bond motifs is 1. The van der Waals surface area contributed by atoms with Crippen molar-refractivity contribution in [3.63, 3.8) is 0 Å². The number of amides is 1. The standard InChI is InChI=1S/C22H17Cl2N3O2S2/c1-3-29-15-7-5-14(6-8-15)12-25-27(21(28)16-11-19(23)31-20(16)24)22-26-17-9-4-13(2)10-18(17)30-22/h4-12H,3H2,1-2H3/b25-12+. The average molecular weight is 490 g/mol. The molecule has 0 spiro atoms. The summed E-state index contributed by atoms with van der Waals surface area (Å²) in [5, 5.41) is 6.17. The number of nitrogens with zero attached hydrogens (tertiary/aromatic N) is 3. The fraction of sp³-hybridized carbons (Fsp3) is 0.136. The minimum absolute atomic E-state index is 0.288. The Kier molecular flexibility index (Phi) is 6.57. The number of thiophene rings is 1. The highest BCUT2D eigenvalue weighted by Gasteiger charge is 2.24. The number of benzene rings is 2. The fourth-order valence-corrected chi connectivity index (χ4v) is 5.31. The van der Waals surface area contributed by atoms with Crippen molar-refractivity contribution < 1.29 is 9.53 Å². The number of carbonyl (C=O) groups is 1. The Morgan fingerprint density at radius 1 is 1.16 bits per heavy atom. The predicted octanol–water partition coefficient (Wildman–Crippen LogP) is 7.05. The maximum Gasteiger partial charge on any atom is 0.283 e. The molecule has 5 nitrogen and oxygen atoms in total. The van der Waals surface area contributed by atoms with E-state index < -0.39 is 5.91 Å². The van der Waals surface area contributed by atoms with E-state index in [1.54, 1.807) is 12.3 Å². The molecule has 0 unspecified atom stereocenters. The van der Waals surface area contributed by atoms with Crippen LogP contribution in [0.1, 0.15) is 28.4 Å². The highest BCUT2D eigenvalue weighted by atomic mass is 35.5. The monoisotopic (exact) mass is 489 g/mol. The molecule has 0 atom stereocenters. The summed E-state index contributed by atoms with van der Waals surface area (Å²) in [5.41, 5.74) is 3.02. The van der Waals surface area contributed by atoms with Crippen molar-refractivity contribution in [1.82, 2.24) is 4.98 Å². The fourth-order valence-electron chi connectivity index (χ4n) is 2.84. The molecule has 0 aliphatic heterocycles. The van der Waals surface area contributed by atoms with Crippen molar-refractivity contribution in [2.24, 2.45) is 5.10 Å². The summed E-state index contributed by atoms with van der Waals surface area (Å²) in [6.07, 6.45) is 1.60. The van der Waals surface area contributed by atoms with Gasteiger partial charge in [-0.15, -0.1) is 11.3 Å². The molecular formula is C22H17Cl2N3O2S2. The molecule has 158 valence electrons. The summed E-state index contributed by atoms with van der Waals surface area (Å²) in [4.78, 5) is 17.9. The first-order valence-corrected chi connectivity index (χ1v) is 11.8. The minimum atomic E-state index is -0.397. The first kappa shape index (κ1) is 21.8. The maximum absolute atomic E-state index is 13.3. The van der Waals surface area contributed by atoms with Crippen LogP contribution in [0.3, 0.4) is 0 Å². The van der Waals surface area contributed by atoms with Crippen LogP contribution in [0.15, 0.2) is 53.6 Å². The van der Waals surface area contributed by atoms with E-state index in [1.165, 1.54) is 16.3 Å². The molecule has 9 heteroatoms. The molecule has 2 aromatic heterocycles. The van der Waals surface area contributed by atoms with Gasteiger partial charge in [0.15, 0.2) is 0 Å². The Balaban J connectivity index is 1.72. The van der Waals surface area contributed by atoms with E-state index in [-0.39, 0.29) is 5.56 Å². The van der Waals surface area contributed by atoms with E-state index in [2.05, 4.69) is 10.1 Å². The normalized spacial score (nSPS) is 11.4. The van der Waals surface area contributed by atoms with Crippen molar-refractivity contribution in [1.29, 1.82) is 0 Å². The molecule has 2 heterocycles. The predicted molar refractivity (Wildman–Crippen MR) is 131 cm³/mol. The lowest BCUT2D eigenvalue weighted by Crippen LogP contribution is -2.25. The number of aromatic nitrogens is 1. The van der Waals surface area contributed by atoms with Gasteiger partial charge in [0.25, 0.3) is 5.91 Å². The van der Waals surface area contributed by atoms with Gasteiger partial charge in [0.1, 0.15) is 10.1 Å². The Morgan fingerprint density at radius 3 is 2.61 bits per heavy atom. The topological polar surface area (TPSA) is 54.8 Å². The van der Waals surface area contributed by atoms with Crippen molar-refractivity contribution in [3.05, 3.63) is 73.9 Å². The van der Waals surface area contributed by atoms with Crippen molar-refractivity contribution >= 4 is 73.3 Å². The second-order valence-corrected chi connectivity index (χ2v) is 9.86. The van der Waals surface area contributed by atoms with Gasteiger partial charge in [-0.05, 0) is 67.4 Å². The van der Waals surface area contributed by atoms with Gasteiger partial charge in [0.05, 0.1) is 32.9 Å². The number of ether oxygens (including phenoxy) is 1. The van der Waals surface area contributed by atoms with Gasteiger partial charge in [-0.1, -0.05) is 40.6 Å². The van der Waals surface area contributed by atoms with Gasteiger partial charge in [-0.2, -0.15) is 10.1 Å². The van der Waals surface area contributed by atoms with Crippen LogP contribution in [-0.2, 0) is 0 Å². The third kappa shape index (κ3) is 4.91. The third-order valence-corrected chi connectivity index (χ3v) is 6.79. The lowest BCUT2D eigenvalue weighted by molar-refractivity contribution is 0.0988. The summed E-state index contributed by atoms with van der Waals surface area (Å²) >= 11 is 14.8. The molecule has 0 saturated heterocycles. The van der Waals surface area contributed by atoms with Crippen LogP contribution in [0, 0.1) is 6.92 Å². The van der Waals surface area contributed by atoms with Gasteiger partial charge in [0.2, 0.25) is 5.13 Å². The average Bonchev–Trinajstić information content (AvgIpc) is 3.31. The highest BCUT2D eigenvalue weighted by Crippen LogP contribution is 2.35. The van der Waals surface area contributed by atoms with E-state index in [1.807, 2.05) is 56.3 Å². The zero-order chi connectivity index (χ0) is 22.0. The molecule has 0 radical (unpaired) electrons. The van der Waals surface area contributed by atoms with Gasteiger partial charge in [0, 0.05) is 0 Å². The number of anilines is 1. The molecule has 0 saturated carbocycles. The Hall–Kier alpha value is -2.45. The molecule has 0 aliphatic carbocycles. The van der Waals surface area contributed by atoms with E-state index in [9.17, 15) is 4.79 Å². The molecule has 1 amide bonds. The van der Waals surface area contributed by atoms with Crippen molar-refractivity contribution in [2.45, 2.75) is 13.8 Å². The van der Waals surface area contributed by atoms with E-state index in [0.29, 0.717) is 20.4 Å². The number of hydrazone groups is 1. The van der Waals surface area contributed by atoms with Gasteiger partial charge < -0.3 is 4.74 Å². The number of carbonyl (C=O) groups excluding carboxylic acids is 1. The first-order chi connectivity index (χ1) is 14.9. The summed E-state index contributed by atoms with van der Waals surface area (Å²) in [6.45, 7) is 4.54. The first-order valence-electron chi connectivity index (χ1n) is 9.38. The number of halogens is 2. The molecule has 2 aromatic carbocycles. The van der Waals surface area contributed by atoms with Crippen LogP contribution in [-0.4, -0.2) is 23.7 Å². The smallest absolute Gasteiger partial charge is 0.283 e. The lowest BCUT2D eigenvalue weighted by atomic mass is 10.2. The quantitative estimate of drug-likeness (QED) is 0.215. The molecule has 0 fully saturated rings. The van der Waals surface area contributed by atoms with E-state index in [4.69, 9.17) is 27.9 Å². The lowest BCUT2D eigenvalue weighted by Gasteiger charge is -2.13. The van der Waals surface area contributed by atoms with Crippen LogP contribution >= 0.6 is 45.9 Å². The number of hydrogen-bond acceptors (Lipinski definition) is 6. The molecule has 4 aromatic rings. The highest BCUT2D eigenvalue weighted by molar-refractivity contribution is 7.22. The summed E-state index contributed by atoms with van der Waals surface area (Å²) in [5.74, 6) is 0.375. The molecule has 0 aliphatic rings. The SMILES string of the molecule is CCOc1ccc(/C=N/N(C(=O)c2cc(Cl)sc2Cl)c2nc3ccc(C)cc3s2)cc1. The van der Waals surface area contributed by atoms with Crippen LogP contribution in [0.4, 0.5) is 5.13 Å². The van der Waals surface area contributed by atoms with Crippen LogP contribution in [0.5, 0.6) is 5.75 Å². The van der Waals surface area contributed by atoms with Crippen LogP contribution < -0.4 is 9.75 Å². The molecule has 4 rings (SSSR count). The Labute approximate surface area is 197 Å². The summed E-state index contributed by atoms with van der Waals surface area (Å²) in [6, 6.07) is 14.9. The van der Waals surface area contributed by atoms with E-state index in [0.717, 1.165) is 38.4 Å². The molecular weight excluding hydrogens is 473 g/mol. The third-order valence-electron chi connectivity index (χ3n) is 4.31. The summed E-state index contributed by atoms with van der Waals surface area (Å²) in [7, 11) is 0. The Bertz CT molecular complexity index is 1270. The number of hydrogen-bond donors (Lipinski definition) is 0. The second kappa shape index (κ2) is 9.36. The number of thiazole rings is 1. The van der Waals surface area contributed by atoms with Gasteiger partial charge >= 0.3 is 0 Å². The molecule has 31 heavy (non-hydrogen) atoms. The van der Waals surface area contributed by atoms with Crippen LogP contribution in [0.25, 0.3) is 10.2 Å². The van der Waals surface area contributed by atoms with Gasteiger partial charge in [-0.25, -0.2) is 4.98 Å². The van der Waals surface area contributed by atoms with E-state index >= 15 is 0 Å². The maximum atomic E-state index is 13.3. The number of aryl methyl sites for hydroxylation is 1. The largest absolute Gasteiger partial charge is 0.494 e. The molecule has 0 N–H and O–H groups in total. The molecule has 0 bridgehead atoms. The van der Waals surface area contributed by atoms with Crippen molar-refractivity contribution in [3.8, 4) is 5.75 Å². The zero-order valence-electron chi connectivity index (χ0n) is 16.6. The van der Waals surface area contributed by atoms with Crippen molar-refractivity contribution in [2.75, 3.05) is 11.6 Å². The minimum Gasteiger partial charge on any atom is -0.494 e. The summed E-state index contributed by atoms with van der Waals surface area (Å²) < 4.78 is 7.19. The number of rotatable bonds is 6. The second-order valence-electron chi connectivity index (χ2n) is 6.57. The zero-order valence-corrected chi connectivity index (χ0v) is 19.8. The Morgan fingerprint density at radius 2 is 1.94 bits per heavy atom. The van der Waals surface area contributed by atoms with Gasteiger partial charge in [-0.3, -0.25) is 4.79 Å².